The molecule has 2 rings (SSSR count). The van der Waals surface area contributed by atoms with Gasteiger partial charge in [0.2, 0.25) is 5.12 Å². The Labute approximate surface area is 151 Å². The summed E-state index contributed by atoms with van der Waals surface area (Å²) < 4.78 is 5.19. The Bertz CT molecular complexity index is 754. The Morgan fingerprint density at radius 3 is 2.54 bits per heavy atom. The molecule has 124 valence electrons. The average molecular weight is 360 g/mol. The molecule has 2 aromatic carbocycles. The number of ether oxygens (including phenoxy) is 1. The zero-order valence-electron chi connectivity index (χ0n) is 13.5. The van der Waals surface area contributed by atoms with Gasteiger partial charge >= 0.3 is 0 Å². The molecule has 0 aliphatic carbocycles. The van der Waals surface area contributed by atoms with E-state index in [4.69, 9.17) is 21.3 Å². The number of halogens is 1. The molecule has 0 saturated carbocycles. The van der Waals surface area contributed by atoms with E-state index in [1.165, 1.54) is 0 Å². The predicted molar refractivity (Wildman–Crippen MR) is 102 cm³/mol. The van der Waals surface area contributed by atoms with E-state index < -0.39 is 0 Å². The van der Waals surface area contributed by atoms with Gasteiger partial charge in [-0.15, -0.1) is 11.6 Å². The molecule has 0 aliphatic heterocycles. The minimum Gasteiger partial charge on any atom is -0.497 e. The van der Waals surface area contributed by atoms with Crippen LogP contribution in [-0.4, -0.2) is 23.8 Å². The van der Waals surface area contributed by atoms with E-state index in [0.717, 1.165) is 39.4 Å². The molecule has 0 aromatic heterocycles. The standard InChI is InChI=1S/C19H18ClNO2S/c1-3-6-16(14-9-11-15(23-2)12-10-14)21-17-7-4-5-8-18(17)24-19(22)13-20/h3-12H,13H2,1-2H3/b6-3+,21-16?. The molecule has 2 aromatic rings. The van der Waals surface area contributed by atoms with E-state index in [9.17, 15) is 4.79 Å². The Kier molecular flexibility index (Phi) is 7.09. The zero-order valence-corrected chi connectivity index (χ0v) is 15.1. The van der Waals surface area contributed by atoms with Crippen molar-refractivity contribution in [3.8, 4) is 5.75 Å². The number of thioether (sulfide) groups is 1. The van der Waals surface area contributed by atoms with Crippen molar-refractivity contribution in [2.75, 3.05) is 13.0 Å². The predicted octanol–water partition coefficient (Wildman–Crippen LogP) is 5.25. The highest BCUT2D eigenvalue weighted by Gasteiger charge is 2.09. The van der Waals surface area contributed by atoms with Gasteiger partial charge in [-0.2, -0.15) is 0 Å². The summed E-state index contributed by atoms with van der Waals surface area (Å²) >= 11 is 6.71. The molecule has 24 heavy (non-hydrogen) atoms. The monoisotopic (exact) mass is 359 g/mol. The molecule has 0 N–H and O–H groups in total. The number of alkyl halides is 1. The van der Waals surface area contributed by atoms with Crippen LogP contribution in [0.4, 0.5) is 5.69 Å². The molecule has 0 aliphatic rings. The van der Waals surface area contributed by atoms with Crippen LogP contribution in [0.3, 0.4) is 0 Å². The summed E-state index contributed by atoms with van der Waals surface area (Å²) in [5.41, 5.74) is 2.52. The number of nitrogens with zero attached hydrogens (tertiary/aromatic N) is 1. The van der Waals surface area contributed by atoms with Gasteiger partial charge in [-0.3, -0.25) is 4.79 Å². The summed E-state index contributed by atoms with van der Waals surface area (Å²) in [4.78, 5) is 17.2. The Balaban J connectivity index is 2.42. The van der Waals surface area contributed by atoms with Crippen LogP contribution >= 0.6 is 23.4 Å². The number of para-hydroxylation sites is 1. The largest absolute Gasteiger partial charge is 0.497 e. The molecule has 3 nitrogen and oxygen atoms in total. The first-order valence-electron chi connectivity index (χ1n) is 7.39. The topological polar surface area (TPSA) is 38.7 Å². The third-order valence-electron chi connectivity index (χ3n) is 3.15. The first-order valence-corrected chi connectivity index (χ1v) is 8.74. The average Bonchev–Trinajstić information content (AvgIpc) is 2.62. The summed E-state index contributed by atoms with van der Waals surface area (Å²) in [6.45, 7) is 1.94. The van der Waals surface area contributed by atoms with Crippen LogP contribution in [0.5, 0.6) is 5.75 Å². The van der Waals surface area contributed by atoms with Gasteiger partial charge in [0.15, 0.2) is 0 Å². The molecule has 0 fully saturated rings. The summed E-state index contributed by atoms with van der Waals surface area (Å²) in [5.74, 6) is 0.769. The maximum atomic E-state index is 11.6. The maximum Gasteiger partial charge on any atom is 0.208 e. The fourth-order valence-corrected chi connectivity index (χ4v) is 2.86. The molecule has 0 amide bonds. The van der Waals surface area contributed by atoms with E-state index in [2.05, 4.69) is 0 Å². The van der Waals surface area contributed by atoms with E-state index in [0.29, 0.717) is 0 Å². The summed E-state index contributed by atoms with van der Waals surface area (Å²) in [5, 5.41) is -0.101. The fraction of sp³-hybridized carbons (Fsp3) is 0.158. The lowest BCUT2D eigenvalue weighted by molar-refractivity contribution is -0.108. The van der Waals surface area contributed by atoms with Gasteiger partial charge in [0.25, 0.3) is 0 Å². The van der Waals surface area contributed by atoms with Crippen molar-refractivity contribution < 1.29 is 9.53 Å². The molecule has 0 unspecified atom stereocenters. The number of hydrogen-bond donors (Lipinski definition) is 0. The number of aliphatic imine (C=N–C) groups is 1. The van der Waals surface area contributed by atoms with Crippen molar-refractivity contribution in [3.05, 3.63) is 66.2 Å². The highest BCUT2D eigenvalue weighted by molar-refractivity contribution is 8.14. The van der Waals surface area contributed by atoms with Crippen LogP contribution < -0.4 is 4.74 Å². The van der Waals surface area contributed by atoms with Crippen molar-refractivity contribution in [2.45, 2.75) is 11.8 Å². The second kappa shape index (κ2) is 9.30. The van der Waals surface area contributed by atoms with Crippen LogP contribution in [0.1, 0.15) is 12.5 Å². The van der Waals surface area contributed by atoms with Crippen LogP contribution in [0, 0.1) is 0 Å². The summed E-state index contributed by atoms with van der Waals surface area (Å²) in [7, 11) is 1.64. The van der Waals surface area contributed by atoms with Gasteiger partial charge in [-0.25, -0.2) is 4.99 Å². The number of methoxy groups -OCH3 is 1. The first-order chi connectivity index (χ1) is 11.7. The number of carbonyl (C=O) groups excluding carboxylic acids is 1. The highest BCUT2D eigenvalue weighted by Crippen LogP contribution is 2.31. The number of rotatable bonds is 6. The Morgan fingerprint density at radius 1 is 1.21 bits per heavy atom. The number of benzene rings is 2. The maximum absolute atomic E-state index is 11.6. The van der Waals surface area contributed by atoms with E-state index >= 15 is 0 Å². The van der Waals surface area contributed by atoms with E-state index in [1.54, 1.807) is 7.11 Å². The van der Waals surface area contributed by atoms with E-state index in [-0.39, 0.29) is 11.0 Å². The van der Waals surface area contributed by atoms with E-state index in [1.807, 2.05) is 67.6 Å². The number of allylic oxidation sites excluding steroid dienone is 2. The van der Waals surface area contributed by atoms with Gasteiger partial charge in [0, 0.05) is 10.5 Å². The summed E-state index contributed by atoms with van der Waals surface area (Å²) in [6.07, 6.45) is 3.87. The fourth-order valence-electron chi connectivity index (χ4n) is 2.03. The molecule has 0 spiro atoms. The molecule has 0 saturated heterocycles. The molecular weight excluding hydrogens is 342 g/mol. The molecular formula is C19H18ClNO2S. The van der Waals surface area contributed by atoms with Crippen molar-refractivity contribution in [1.29, 1.82) is 0 Å². The smallest absolute Gasteiger partial charge is 0.208 e. The van der Waals surface area contributed by atoms with Crippen molar-refractivity contribution in [1.82, 2.24) is 0 Å². The van der Waals surface area contributed by atoms with Crippen molar-refractivity contribution in [2.24, 2.45) is 4.99 Å². The van der Waals surface area contributed by atoms with Gasteiger partial charge in [-0.1, -0.05) is 18.2 Å². The Morgan fingerprint density at radius 2 is 1.92 bits per heavy atom. The summed E-state index contributed by atoms with van der Waals surface area (Å²) in [6, 6.07) is 15.2. The van der Waals surface area contributed by atoms with Crippen LogP contribution in [0.2, 0.25) is 0 Å². The minimum atomic E-state index is -0.101. The Hall–Kier alpha value is -2.04. The second-order valence-corrected chi connectivity index (χ2v) is 6.17. The lowest BCUT2D eigenvalue weighted by Crippen LogP contribution is -1.97. The normalized spacial score (nSPS) is 11.7. The highest BCUT2D eigenvalue weighted by atomic mass is 35.5. The lowest BCUT2D eigenvalue weighted by atomic mass is 10.1. The van der Waals surface area contributed by atoms with Crippen LogP contribution in [-0.2, 0) is 4.79 Å². The minimum absolute atomic E-state index is 0.0249. The van der Waals surface area contributed by atoms with Crippen LogP contribution in [0.25, 0.3) is 0 Å². The van der Waals surface area contributed by atoms with Crippen LogP contribution in [0.15, 0.2) is 70.6 Å². The van der Waals surface area contributed by atoms with Gasteiger partial charge in [-0.05, 0) is 61.2 Å². The number of hydrogen-bond acceptors (Lipinski definition) is 4. The van der Waals surface area contributed by atoms with Gasteiger partial charge in [0.1, 0.15) is 5.75 Å². The third kappa shape index (κ3) is 4.98. The van der Waals surface area contributed by atoms with Gasteiger partial charge in [0.05, 0.1) is 24.4 Å². The number of carbonyl (C=O) groups is 1. The lowest BCUT2D eigenvalue weighted by Gasteiger charge is -2.07. The van der Waals surface area contributed by atoms with Gasteiger partial charge < -0.3 is 4.74 Å². The molecule has 5 heteroatoms. The molecule has 0 radical (unpaired) electrons. The third-order valence-corrected chi connectivity index (χ3v) is 4.49. The van der Waals surface area contributed by atoms with Crippen molar-refractivity contribution >= 4 is 39.9 Å². The van der Waals surface area contributed by atoms with Crippen molar-refractivity contribution in [3.63, 3.8) is 0 Å². The molecule has 0 heterocycles. The molecule has 0 bridgehead atoms. The zero-order chi connectivity index (χ0) is 17.4. The molecule has 0 atom stereocenters. The second-order valence-electron chi connectivity index (χ2n) is 4.80. The first kappa shape index (κ1) is 18.3. The quantitative estimate of drug-likeness (QED) is 0.401. The SMILES string of the molecule is C/C=C/C(=Nc1ccccc1SC(=O)CCl)c1ccc(OC)cc1.